The van der Waals surface area contributed by atoms with Crippen LogP contribution in [0.2, 0.25) is 0 Å². The number of allylic oxidation sites excluding steroid dienone is 2. The Labute approximate surface area is 284 Å². The molecule has 0 spiro atoms. The van der Waals surface area contributed by atoms with Gasteiger partial charge in [0.25, 0.3) is 0 Å². The minimum atomic E-state index is -1.02. The fourth-order valence-electron chi connectivity index (χ4n) is 5.98. The van der Waals surface area contributed by atoms with Gasteiger partial charge in [-0.3, -0.25) is 14.4 Å². The van der Waals surface area contributed by atoms with Crippen LogP contribution in [0.1, 0.15) is 213 Å². The molecule has 1 atom stereocenters. The molecule has 2 N–H and O–H groups in total. The second kappa shape index (κ2) is 36.0. The molecule has 0 aliphatic heterocycles. The maximum Gasteiger partial charge on any atom is 0.322 e. The standard InChI is InChI=1S/C40H75NO5/c1-3-5-7-9-11-13-14-15-16-17-18-20-21-24-28-32-37(33-29-25-23-26-30-34-38(42)41-36-39(43)44)46-40(45)35-31-27-22-19-12-10-8-6-4-2/h17-18,37H,3-16,19-36H2,1-2H3,(H,41,42)(H,43,44)/b18-17-. The van der Waals surface area contributed by atoms with Gasteiger partial charge in [-0.2, -0.15) is 0 Å². The molecule has 0 radical (unpaired) electrons. The zero-order chi connectivity index (χ0) is 33.8. The number of carbonyl (C=O) groups excluding carboxylic acids is 2. The van der Waals surface area contributed by atoms with E-state index in [-0.39, 0.29) is 24.5 Å². The van der Waals surface area contributed by atoms with Crippen molar-refractivity contribution in [3.8, 4) is 0 Å². The van der Waals surface area contributed by atoms with Gasteiger partial charge in [-0.05, 0) is 64.2 Å². The molecule has 270 valence electrons. The SMILES string of the molecule is CCCCCCCCCC/C=C\CCCCCC(CCCCCCCC(=O)NCC(=O)O)OC(=O)CCCCCCCCCCC. The molecule has 0 rings (SSSR count). The number of hydrogen-bond donors (Lipinski definition) is 2. The van der Waals surface area contributed by atoms with Gasteiger partial charge in [-0.1, -0.05) is 148 Å². The van der Waals surface area contributed by atoms with Crippen LogP contribution in [0.4, 0.5) is 0 Å². The van der Waals surface area contributed by atoms with Gasteiger partial charge in [0, 0.05) is 12.8 Å². The zero-order valence-corrected chi connectivity index (χ0v) is 30.4. The van der Waals surface area contributed by atoms with Crippen molar-refractivity contribution in [2.45, 2.75) is 219 Å². The summed E-state index contributed by atoms with van der Waals surface area (Å²) in [5, 5.41) is 11.1. The van der Waals surface area contributed by atoms with Gasteiger partial charge < -0.3 is 15.2 Å². The summed E-state index contributed by atoms with van der Waals surface area (Å²) in [6.45, 7) is 4.21. The molecule has 0 aromatic heterocycles. The van der Waals surface area contributed by atoms with Gasteiger partial charge in [0.05, 0.1) is 0 Å². The van der Waals surface area contributed by atoms with E-state index < -0.39 is 5.97 Å². The normalized spacial score (nSPS) is 12.0. The number of hydrogen-bond acceptors (Lipinski definition) is 4. The van der Waals surface area contributed by atoms with E-state index in [0.717, 1.165) is 70.6 Å². The Bertz CT molecular complexity index is 722. The molecule has 0 aliphatic rings. The van der Waals surface area contributed by atoms with Crippen LogP contribution in [0, 0.1) is 0 Å². The minimum absolute atomic E-state index is 0.0189. The number of ether oxygens (including phenoxy) is 1. The number of aliphatic carboxylic acids is 1. The highest BCUT2D eigenvalue weighted by Crippen LogP contribution is 2.18. The Kier molecular flexibility index (Phi) is 34.5. The van der Waals surface area contributed by atoms with Crippen LogP contribution in [0.25, 0.3) is 0 Å². The Balaban J connectivity index is 4.18. The Hall–Kier alpha value is -1.85. The first-order valence-corrected chi connectivity index (χ1v) is 19.8. The number of rotatable bonds is 36. The highest BCUT2D eigenvalue weighted by atomic mass is 16.5. The summed E-state index contributed by atoms with van der Waals surface area (Å²) in [5.41, 5.74) is 0. The molecule has 0 heterocycles. The molecule has 6 heteroatoms. The van der Waals surface area contributed by atoms with Crippen molar-refractivity contribution < 1.29 is 24.2 Å². The highest BCUT2D eigenvalue weighted by Gasteiger charge is 2.14. The van der Waals surface area contributed by atoms with E-state index in [0.29, 0.717) is 12.8 Å². The van der Waals surface area contributed by atoms with Crippen LogP contribution >= 0.6 is 0 Å². The third kappa shape index (κ3) is 35.0. The maximum absolute atomic E-state index is 12.6. The third-order valence-electron chi connectivity index (χ3n) is 8.94. The second-order valence-corrected chi connectivity index (χ2v) is 13.5. The quantitative estimate of drug-likeness (QED) is 0.0400. The van der Waals surface area contributed by atoms with Crippen molar-refractivity contribution in [2.24, 2.45) is 0 Å². The number of esters is 1. The average molecular weight is 650 g/mol. The molecule has 0 saturated heterocycles. The molecular weight excluding hydrogens is 574 g/mol. The third-order valence-corrected chi connectivity index (χ3v) is 8.94. The van der Waals surface area contributed by atoms with Crippen molar-refractivity contribution in [2.75, 3.05) is 6.54 Å². The van der Waals surface area contributed by atoms with Crippen molar-refractivity contribution in [1.82, 2.24) is 5.32 Å². The predicted molar refractivity (Wildman–Crippen MR) is 194 cm³/mol. The molecule has 0 bridgehead atoms. The summed E-state index contributed by atoms with van der Waals surface area (Å²) in [6.07, 6.45) is 40.4. The van der Waals surface area contributed by atoms with Crippen LogP contribution in [0.5, 0.6) is 0 Å². The van der Waals surface area contributed by atoms with Gasteiger partial charge in [-0.25, -0.2) is 0 Å². The summed E-state index contributed by atoms with van der Waals surface area (Å²) in [4.78, 5) is 34.9. The minimum Gasteiger partial charge on any atom is -0.480 e. The number of amides is 1. The molecule has 0 aromatic rings. The van der Waals surface area contributed by atoms with Gasteiger partial charge in [0.1, 0.15) is 12.6 Å². The topological polar surface area (TPSA) is 92.7 Å². The number of unbranched alkanes of at least 4 members (excludes halogenated alkanes) is 23. The van der Waals surface area contributed by atoms with Crippen molar-refractivity contribution >= 4 is 17.8 Å². The van der Waals surface area contributed by atoms with E-state index in [1.54, 1.807) is 0 Å². The van der Waals surface area contributed by atoms with E-state index in [1.807, 2.05) is 0 Å². The predicted octanol–water partition coefficient (Wildman–Crippen LogP) is 11.8. The van der Waals surface area contributed by atoms with Gasteiger partial charge >= 0.3 is 11.9 Å². The Morgan fingerprint density at radius 1 is 0.543 bits per heavy atom. The summed E-state index contributed by atoms with van der Waals surface area (Å²) >= 11 is 0. The summed E-state index contributed by atoms with van der Waals surface area (Å²) in [5.74, 6) is -1.23. The molecule has 0 fully saturated rings. The van der Waals surface area contributed by atoms with Gasteiger partial charge in [-0.15, -0.1) is 0 Å². The molecule has 46 heavy (non-hydrogen) atoms. The average Bonchev–Trinajstić information content (AvgIpc) is 3.04. The molecule has 6 nitrogen and oxygen atoms in total. The lowest BCUT2D eigenvalue weighted by Crippen LogP contribution is -2.28. The lowest BCUT2D eigenvalue weighted by Gasteiger charge is -2.18. The van der Waals surface area contributed by atoms with E-state index in [4.69, 9.17) is 9.84 Å². The lowest BCUT2D eigenvalue weighted by molar-refractivity contribution is -0.150. The van der Waals surface area contributed by atoms with E-state index >= 15 is 0 Å². The van der Waals surface area contributed by atoms with Gasteiger partial charge in [0.15, 0.2) is 0 Å². The molecule has 1 unspecified atom stereocenters. The zero-order valence-electron chi connectivity index (χ0n) is 30.4. The van der Waals surface area contributed by atoms with E-state index in [2.05, 4.69) is 31.3 Å². The second-order valence-electron chi connectivity index (χ2n) is 13.5. The molecule has 0 aliphatic carbocycles. The van der Waals surface area contributed by atoms with Crippen LogP contribution in [0.15, 0.2) is 12.2 Å². The van der Waals surface area contributed by atoms with Crippen LogP contribution in [-0.4, -0.2) is 35.6 Å². The molecule has 1 amide bonds. The highest BCUT2D eigenvalue weighted by molar-refractivity contribution is 5.80. The number of carboxylic acids is 1. The maximum atomic E-state index is 12.6. The van der Waals surface area contributed by atoms with E-state index in [1.165, 1.54) is 116 Å². The fourth-order valence-corrected chi connectivity index (χ4v) is 5.98. The van der Waals surface area contributed by atoms with Crippen LogP contribution < -0.4 is 5.32 Å². The van der Waals surface area contributed by atoms with E-state index in [9.17, 15) is 14.4 Å². The van der Waals surface area contributed by atoms with Crippen molar-refractivity contribution in [3.05, 3.63) is 12.2 Å². The smallest absolute Gasteiger partial charge is 0.322 e. The number of nitrogens with one attached hydrogen (secondary N) is 1. The lowest BCUT2D eigenvalue weighted by atomic mass is 10.0. The number of carboxylic acid groups (broad SMARTS) is 1. The van der Waals surface area contributed by atoms with Crippen LogP contribution in [-0.2, 0) is 19.1 Å². The fraction of sp³-hybridized carbons (Fsp3) is 0.875. The monoisotopic (exact) mass is 650 g/mol. The molecular formula is C40H75NO5. The molecule has 0 aromatic carbocycles. The summed E-state index contributed by atoms with van der Waals surface area (Å²) < 4.78 is 5.99. The Morgan fingerprint density at radius 2 is 0.935 bits per heavy atom. The summed E-state index contributed by atoms with van der Waals surface area (Å²) in [7, 11) is 0. The van der Waals surface area contributed by atoms with Crippen molar-refractivity contribution in [1.29, 1.82) is 0 Å². The first kappa shape index (κ1) is 44.1. The van der Waals surface area contributed by atoms with Crippen molar-refractivity contribution in [3.63, 3.8) is 0 Å². The first-order valence-electron chi connectivity index (χ1n) is 19.8. The largest absolute Gasteiger partial charge is 0.480 e. The Morgan fingerprint density at radius 3 is 1.41 bits per heavy atom. The molecule has 0 saturated carbocycles. The number of carbonyl (C=O) groups is 3. The summed E-state index contributed by atoms with van der Waals surface area (Å²) in [6, 6.07) is 0. The van der Waals surface area contributed by atoms with Gasteiger partial charge in [0.2, 0.25) is 5.91 Å². The first-order chi connectivity index (χ1) is 22.5. The van der Waals surface area contributed by atoms with Crippen LogP contribution in [0.3, 0.4) is 0 Å².